The van der Waals surface area contributed by atoms with E-state index in [2.05, 4.69) is 29.5 Å². The Hall–Kier alpha value is -2.99. The van der Waals surface area contributed by atoms with Crippen LogP contribution >= 0.6 is 0 Å². The Labute approximate surface area is 291 Å². The van der Waals surface area contributed by atoms with E-state index < -0.39 is 16.0 Å². The van der Waals surface area contributed by atoms with Gasteiger partial charge >= 0.3 is 5.97 Å². The van der Waals surface area contributed by atoms with Gasteiger partial charge in [-0.1, -0.05) is 32.9 Å². The van der Waals surface area contributed by atoms with Gasteiger partial charge in [0.25, 0.3) is 0 Å². The zero-order valence-corrected chi connectivity index (χ0v) is 30.6. The molecule has 0 bridgehead atoms. The second-order valence-corrected chi connectivity index (χ2v) is 13.3. The molecule has 0 spiro atoms. The number of carboxylic acid groups (broad SMARTS) is 1. The van der Waals surface area contributed by atoms with Crippen LogP contribution in [0.2, 0.25) is 0 Å². The molecule has 1 heterocycles. The van der Waals surface area contributed by atoms with Gasteiger partial charge in [0.05, 0.1) is 82.7 Å². The van der Waals surface area contributed by atoms with Crippen LogP contribution in [0.5, 0.6) is 0 Å². The number of carbonyl (C=O) groups excluding carboxylic acids is 1. The molecule has 0 atom stereocenters. The highest BCUT2D eigenvalue weighted by molar-refractivity contribution is 7.89. The second-order valence-electron chi connectivity index (χ2n) is 11.3. The van der Waals surface area contributed by atoms with Crippen LogP contribution in [0.1, 0.15) is 69.4 Å². The average molecular weight is 716 g/mol. The van der Waals surface area contributed by atoms with Crippen molar-refractivity contribution in [3.05, 3.63) is 41.7 Å². The van der Waals surface area contributed by atoms with Gasteiger partial charge in [0.2, 0.25) is 15.9 Å². The number of sulfonamides is 1. The first-order valence-electron chi connectivity index (χ1n) is 16.9. The normalized spacial score (nSPS) is 11.5. The molecule has 0 unspecified atom stereocenters. The van der Waals surface area contributed by atoms with E-state index in [4.69, 9.17) is 28.8 Å². The monoisotopic (exact) mass is 715 g/mol. The minimum absolute atomic E-state index is 0.0281. The lowest BCUT2D eigenvalue weighted by molar-refractivity contribution is -0.121. The molecular formula is C33H57N5O10S. The van der Waals surface area contributed by atoms with Crippen LogP contribution in [0.15, 0.2) is 35.4 Å². The van der Waals surface area contributed by atoms with Gasteiger partial charge in [-0.05, 0) is 49.4 Å². The summed E-state index contributed by atoms with van der Waals surface area (Å²) in [4.78, 5) is 21.9. The third-order valence-corrected chi connectivity index (χ3v) is 8.61. The standard InChI is InChI=1S/C20H38N4O6.C13H19NO4S/c1-18(2)4-6-24-16-19(22-23-24)17-30-15-14-29-13-12-28-11-10-27-9-8-26-7-5-20(25)21-3;1-3-9-14(10-4-2)19(17,18)12-7-5-11(6-8-12)13(15)16/h16,18H,4-15,17H2,1-3H3,(H,21,25);5-8H,3-4,9-10H2,1-2H3,(H,15,16). The molecule has 0 saturated heterocycles. The van der Waals surface area contributed by atoms with Crippen molar-refractivity contribution in [2.24, 2.45) is 5.92 Å². The minimum atomic E-state index is -3.53. The van der Waals surface area contributed by atoms with Gasteiger partial charge in [-0.15, -0.1) is 5.10 Å². The molecule has 0 aliphatic carbocycles. The summed E-state index contributed by atoms with van der Waals surface area (Å²) in [5.74, 6) is -0.447. The topological polar surface area (TPSA) is 181 Å². The van der Waals surface area contributed by atoms with Gasteiger partial charge < -0.3 is 34.1 Å². The number of nitrogens with one attached hydrogen (secondary N) is 1. The number of aromatic nitrogens is 3. The smallest absolute Gasteiger partial charge is 0.335 e. The first kappa shape index (κ1) is 44.0. The number of hydrogen-bond donors (Lipinski definition) is 2. The summed E-state index contributed by atoms with van der Waals surface area (Å²) in [6, 6.07) is 5.31. The van der Waals surface area contributed by atoms with Crippen LogP contribution in [0.25, 0.3) is 0 Å². The van der Waals surface area contributed by atoms with E-state index in [1.54, 1.807) is 7.05 Å². The van der Waals surface area contributed by atoms with Crippen LogP contribution in [0.3, 0.4) is 0 Å². The van der Waals surface area contributed by atoms with Crippen LogP contribution in [0.4, 0.5) is 0 Å². The molecule has 2 rings (SSSR count). The minimum Gasteiger partial charge on any atom is -0.478 e. The number of amides is 1. The van der Waals surface area contributed by atoms with Crippen molar-refractivity contribution >= 4 is 21.9 Å². The Bertz CT molecular complexity index is 1250. The van der Waals surface area contributed by atoms with Crippen molar-refractivity contribution in [3.8, 4) is 0 Å². The fourth-order valence-electron chi connectivity index (χ4n) is 4.02. The number of aryl methyl sites for hydroxylation is 1. The van der Waals surface area contributed by atoms with Gasteiger partial charge in [0.1, 0.15) is 5.69 Å². The fraction of sp³-hybridized carbons (Fsp3) is 0.697. The molecule has 280 valence electrons. The number of carboxylic acids is 1. The summed E-state index contributed by atoms with van der Waals surface area (Å²) in [6.07, 6.45) is 4.86. The number of ether oxygens (including phenoxy) is 5. The lowest BCUT2D eigenvalue weighted by Gasteiger charge is -2.20. The lowest BCUT2D eigenvalue weighted by Crippen LogP contribution is -2.32. The molecule has 2 N–H and O–H groups in total. The predicted molar refractivity (Wildman–Crippen MR) is 184 cm³/mol. The number of nitrogens with zero attached hydrogens (tertiary/aromatic N) is 4. The zero-order chi connectivity index (χ0) is 36.3. The number of benzene rings is 1. The van der Waals surface area contributed by atoms with Crippen LogP contribution in [-0.4, -0.2) is 124 Å². The van der Waals surface area contributed by atoms with Crippen LogP contribution in [0, 0.1) is 5.92 Å². The summed E-state index contributed by atoms with van der Waals surface area (Å²) in [7, 11) is -1.92. The molecule has 16 heteroatoms. The highest BCUT2D eigenvalue weighted by Crippen LogP contribution is 2.17. The molecule has 0 fully saturated rings. The highest BCUT2D eigenvalue weighted by Gasteiger charge is 2.23. The van der Waals surface area contributed by atoms with Gasteiger partial charge in [-0.2, -0.15) is 4.31 Å². The zero-order valence-electron chi connectivity index (χ0n) is 29.8. The van der Waals surface area contributed by atoms with Gasteiger partial charge in [0.15, 0.2) is 0 Å². The Morgan fingerprint density at radius 3 is 1.84 bits per heavy atom. The third kappa shape index (κ3) is 20.3. The largest absolute Gasteiger partial charge is 0.478 e. The molecule has 15 nitrogen and oxygen atoms in total. The summed E-state index contributed by atoms with van der Waals surface area (Å²) in [6.45, 7) is 14.9. The Balaban J connectivity index is 0.000000542. The molecular weight excluding hydrogens is 658 g/mol. The lowest BCUT2D eigenvalue weighted by atomic mass is 10.1. The van der Waals surface area contributed by atoms with Gasteiger partial charge in [-0.25, -0.2) is 13.2 Å². The van der Waals surface area contributed by atoms with Crippen molar-refractivity contribution < 1.29 is 46.8 Å². The molecule has 0 radical (unpaired) electrons. The second kappa shape index (κ2) is 26.8. The third-order valence-electron chi connectivity index (χ3n) is 6.70. The fourth-order valence-corrected chi connectivity index (χ4v) is 5.64. The highest BCUT2D eigenvalue weighted by atomic mass is 32.2. The molecule has 0 saturated carbocycles. The molecule has 49 heavy (non-hydrogen) atoms. The molecule has 1 amide bonds. The summed E-state index contributed by atoms with van der Waals surface area (Å²) >= 11 is 0. The van der Waals surface area contributed by atoms with Crippen molar-refractivity contribution in [1.29, 1.82) is 0 Å². The van der Waals surface area contributed by atoms with Crippen LogP contribution in [-0.2, 0) is 51.7 Å². The first-order chi connectivity index (χ1) is 23.5. The maximum absolute atomic E-state index is 12.4. The number of rotatable bonds is 27. The Morgan fingerprint density at radius 1 is 0.857 bits per heavy atom. The summed E-state index contributed by atoms with van der Waals surface area (Å²) < 4.78 is 55.1. The number of aromatic carboxylic acids is 1. The van der Waals surface area contributed by atoms with Crippen molar-refractivity contribution in [1.82, 2.24) is 24.6 Å². The van der Waals surface area contributed by atoms with Crippen molar-refractivity contribution in [2.75, 3.05) is 79.6 Å². The number of hydrogen-bond acceptors (Lipinski definition) is 11. The maximum atomic E-state index is 12.4. The Morgan fingerprint density at radius 2 is 1.37 bits per heavy atom. The molecule has 0 aliphatic heterocycles. The van der Waals surface area contributed by atoms with Crippen molar-refractivity contribution in [2.45, 2.75) is 71.4 Å². The van der Waals surface area contributed by atoms with E-state index in [1.807, 2.05) is 24.7 Å². The van der Waals surface area contributed by atoms with Crippen LogP contribution < -0.4 is 5.32 Å². The molecule has 1 aromatic carbocycles. The van der Waals surface area contributed by atoms with E-state index in [-0.39, 0.29) is 16.4 Å². The van der Waals surface area contributed by atoms with E-state index in [0.717, 1.165) is 31.5 Å². The van der Waals surface area contributed by atoms with Gasteiger partial charge in [0, 0.05) is 33.1 Å². The number of carbonyl (C=O) groups is 2. The quantitative estimate of drug-likeness (QED) is 0.129. The first-order valence-corrected chi connectivity index (χ1v) is 18.3. The molecule has 2 aromatic rings. The summed E-state index contributed by atoms with van der Waals surface area (Å²) in [5, 5.41) is 19.5. The average Bonchev–Trinajstić information content (AvgIpc) is 3.54. The van der Waals surface area contributed by atoms with E-state index >= 15 is 0 Å². The van der Waals surface area contributed by atoms with Gasteiger partial charge in [-0.3, -0.25) is 9.48 Å². The SMILES string of the molecule is CCCN(CCC)S(=O)(=O)c1ccc(C(=O)O)cc1.CNC(=O)CCOCCOCCOCCOCCOCc1cn(CCC(C)C)nn1. The molecule has 1 aromatic heterocycles. The van der Waals surface area contributed by atoms with E-state index in [0.29, 0.717) is 91.5 Å². The molecule has 0 aliphatic rings. The summed E-state index contributed by atoms with van der Waals surface area (Å²) in [5.41, 5.74) is 0.912. The maximum Gasteiger partial charge on any atom is 0.335 e. The van der Waals surface area contributed by atoms with E-state index in [9.17, 15) is 18.0 Å². The Kier molecular flexibility index (Phi) is 24.1. The van der Waals surface area contributed by atoms with Crippen molar-refractivity contribution in [3.63, 3.8) is 0 Å². The predicted octanol–water partition coefficient (Wildman–Crippen LogP) is 3.24. The van der Waals surface area contributed by atoms with E-state index in [1.165, 1.54) is 28.6 Å².